The Labute approximate surface area is 107 Å². The van der Waals surface area contributed by atoms with Gasteiger partial charge in [-0.15, -0.1) is 11.3 Å². The third-order valence-corrected chi connectivity index (χ3v) is 3.20. The first-order valence-electron chi connectivity index (χ1n) is 5.24. The summed E-state index contributed by atoms with van der Waals surface area (Å²) in [5, 5.41) is 13.3. The van der Waals surface area contributed by atoms with Gasteiger partial charge >= 0.3 is 5.97 Å². The molecule has 94 valence electrons. The molecular weight excluding hydrogens is 255 g/mol. The van der Waals surface area contributed by atoms with Crippen molar-refractivity contribution in [2.24, 2.45) is 0 Å². The summed E-state index contributed by atoms with van der Waals surface area (Å²) < 4.78 is 13.5. The lowest BCUT2D eigenvalue weighted by atomic mass is 10.2. The Bertz CT molecular complexity index is 583. The number of carbonyl (C=O) groups is 1. The minimum Gasteiger partial charge on any atom is -0.476 e. The van der Waals surface area contributed by atoms with Gasteiger partial charge in [0.2, 0.25) is 5.01 Å². The molecule has 0 radical (unpaired) electrons. The van der Waals surface area contributed by atoms with Crippen molar-refractivity contribution in [2.45, 2.75) is 13.5 Å². The maximum absolute atomic E-state index is 13.5. The summed E-state index contributed by atoms with van der Waals surface area (Å²) in [5.74, 6) is -1.38. The second-order valence-corrected chi connectivity index (χ2v) is 4.64. The third-order valence-electron chi connectivity index (χ3n) is 2.32. The highest BCUT2D eigenvalue weighted by atomic mass is 32.1. The fourth-order valence-electron chi connectivity index (χ4n) is 1.44. The maximum atomic E-state index is 13.5. The number of hydrogen-bond donors (Lipinski definition) is 2. The molecule has 0 unspecified atom stereocenters. The molecule has 18 heavy (non-hydrogen) atoms. The van der Waals surface area contributed by atoms with Gasteiger partial charge in [0.1, 0.15) is 5.82 Å². The number of aromatic carboxylic acids is 1. The van der Waals surface area contributed by atoms with Crippen molar-refractivity contribution in [3.8, 4) is 0 Å². The van der Waals surface area contributed by atoms with Gasteiger partial charge in [0.25, 0.3) is 0 Å². The van der Waals surface area contributed by atoms with E-state index in [0.717, 1.165) is 16.9 Å². The topological polar surface area (TPSA) is 62.2 Å². The number of benzene rings is 1. The summed E-state index contributed by atoms with van der Waals surface area (Å²) in [5.41, 5.74) is 1.81. The number of thiazole rings is 1. The Hall–Kier alpha value is -1.95. The molecule has 1 aromatic heterocycles. The lowest BCUT2D eigenvalue weighted by Crippen LogP contribution is -2.03. The molecule has 0 aliphatic heterocycles. The maximum Gasteiger partial charge on any atom is 0.365 e. The molecule has 0 spiro atoms. The van der Waals surface area contributed by atoms with Crippen LogP contribution in [0, 0.1) is 12.7 Å². The number of nitrogens with zero attached hydrogens (tertiary/aromatic N) is 1. The predicted octanol–water partition coefficient (Wildman–Crippen LogP) is 2.90. The summed E-state index contributed by atoms with van der Waals surface area (Å²) in [6.07, 6.45) is 0. The Morgan fingerprint density at radius 3 is 2.94 bits per heavy atom. The van der Waals surface area contributed by atoms with Crippen LogP contribution in [-0.2, 0) is 6.54 Å². The van der Waals surface area contributed by atoms with Crippen LogP contribution in [0.25, 0.3) is 0 Å². The zero-order chi connectivity index (χ0) is 13.1. The molecule has 6 heteroatoms. The SMILES string of the molecule is Cc1ccc(NCc2csc(C(=O)O)n2)c(F)c1. The van der Waals surface area contributed by atoms with E-state index in [1.165, 1.54) is 6.07 Å². The van der Waals surface area contributed by atoms with E-state index in [1.807, 2.05) is 6.92 Å². The molecular formula is C12H11FN2O2S. The number of carboxylic acid groups (broad SMARTS) is 1. The largest absolute Gasteiger partial charge is 0.476 e. The number of halogens is 1. The number of hydrogen-bond acceptors (Lipinski definition) is 4. The zero-order valence-electron chi connectivity index (χ0n) is 9.61. The molecule has 2 rings (SSSR count). The molecule has 0 fully saturated rings. The average Bonchev–Trinajstić information content (AvgIpc) is 2.76. The van der Waals surface area contributed by atoms with Crippen LogP contribution >= 0.6 is 11.3 Å². The van der Waals surface area contributed by atoms with Gasteiger partial charge in [-0.25, -0.2) is 14.2 Å². The van der Waals surface area contributed by atoms with Gasteiger partial charge in [0, 0.05) is 5.38 Å². The number of nitrogens with one attached hydrogen (secondary N) is 1. The van der Waals surface area contributed by atoms with Crippen molar-refractivity contribution >= 4 is 23.0 Å². The summed E-state index contributed by atoms with van der Waals surface area (Å²) in [6, 6.07) is 4.89. The molecule has 0 bridgehead atoms. The van der Waals surface area contributed by atoms with Gasteiger partial charge in [0.05, 0.1) is 17.9 Å². The van der Waals surface area contributed by atoms with Crippen LogP contribution in [0.15, 0.2) is 23.6 Å². The highest BCUT2D eigenvalue weighted by molar-refractivity contribution is 7.11. The summed E-state index contributed by atoms with van der Waals surface area (Å²) >= 11 is 1.06. The Morgan fingerprint density at radius 1 is 1.56 bits per heavy atom. The van der Waals surface area contributed by atoms with E-state index in [0.29, 0.717) is 17.9 Å². The van der Waals surface area contributed by atoms with Crippen molar-refractivity contribution in [2.75, 3.05) is 5.32 Å². The molecule has 4 nitrogen and oxygen atoms in total. The minimum atomic E-state index is -1.05. The van der Waals surface area contributed by atoms with Crippen LogP contribution < -0.4 is 5.32 Å². The van der Waals surface area contributed by atoms with Crippen LogP contribution in [0.5, 0.6) is 0 Å². The Balaban J connectivity index is 2.04. The summed E-state index contributed by atoms with van der Waals surface area (Å²) in [4.78, 5) is 14.6. The Morgan fingerprint density at radius 2 is 2.33 bits per heavy atom. The third kappa shape index (κ3) is 2.84. The number of aromatic nitrogens is 1. The number of anilines is 1. The molecule has 0 amide bonds. The quantitative estimate of drug-likeness (QED) is 0.893. The first kappa shape index (κ1) is 12.5. The molecule has 0 aliphatic rings. The molecule has 1 aromatic carbocycles. The fraction of sp³-hybridized carbons (Fsp3) is 0.167. The van der Waals surface area contributed by atoms with Crippen LogP contribution in [0.1, 0.15) is 21.1 Å². The van der Waals surface area contributed by atoms with Crippen molar-refractivity contribution in [3.63, 3.8) is 0 Å². The van der Waals surface area contributed by atoms with Gasteiger partial charge in [0.15, 0.2) is 0 Å². The van der Waals surface area contributed by atoms with Gasteiger partial charge in [-0.3, -0.25) is 0 Å². The van der Waals surface area contributed by atoms with E-state index in [9.17, 15) is 9.18 Å². The van der Waals surface area contributed by atoms with E-state index in [1.54, 1.807) is 17.5 Å². The standard InChI is InChI=1S/C12H11FN2O2S/c1-7-2-3-10(9(13)4-7)14-5-8-6-18-11(15-8)12(16)17/h2-4,6,14H,5H2,1H3,(H,16,17). The normalized spacial score (nSPS) is 10.3. The molecule has 0 saturated carbocycles. The van der Waals surface area contributed by atoms with Gasteiger partial charge in [-0.2, -0.15) is 0 Å². The first-order chi connectivity index (χ1) is 8.56. The van der Waals surface area contributed by atoms with Crippen molar-refractivity contribution < 1.29 is 14.3 Å². The predicted molar refractivity (Wildman–Crippen MR) is 67.5 cm³/mol. The molecule has 0 atom stereocenters. The van der Waals surface area contributed by atoms with Gasteiger partial charge in [-0.05, 0) is 24.6 Å². The summed E-state index contributed by atoms with van der Waals surface area (Å²) in [6.45, 7) is 2.11. The number of rotatable bonds is 4. The first-order valence-corrected chi connectivity index (χ1v) is 6.12. The monoisotopic (exact) mass is 266 g/mol. The van der Waals surface area contributed by atoms with Crippen LogP contribution in [-0.4, -0.2) is 16.1 Å². The average molecular weight is 266 g/mol. The minimum absolute atomic E-state index is 0.0381. The summed E-state index contributed by atoms with van der Waals surface area (Å²) in [7, 11) is 0. The van der Waals surface area contributed by atoms with E-state index in [2.05, 4.69) is 10.3 Å². The number of carboxylic acids is 1. The molecule has 2 aromatic rings. The van der Waals surface area contributed by atoms with Crippen molar-refractivity contribution in [1.29, 1.82) is 0 Å². The zero-order valence-corrected chi connectivity index (χ0v) is 10.4. The molecule has 1 heterocycles. The van der Waals surface area contributed by atoms with Crippen LogP contribution in [0.2, 0.25) is 0 Å². The van der Waals surface area contributed by atoms with E-state index in [-0.39, 0.29) is 10.8 Å². The van der Waals surface area contributed by atoms with Crippen molar-refractivity contribution in [1.82, 2.24) is 4.98 Å². The van der Waals surface area contributed by atoms with Crippen LogP contribution in [0.4, 0.5) is 10.1 Å². The highest BCUT2D eigenvalue weighted by Crippen LogP contribution is 2.17. The van der Waals surface area contributed by atoms with Gasteiger partial charge in [-0.1, -0.05) is 6.07 Å². The van der Waals surface area contributed by atoms with Crippen molar-refractivity contribution in [3.05, 3.63) is 45.7 Å². The molecule has 2 N–H and O–H groups in total. The van der Waals surface area contributed by atoms with Gasteiger partial charge < -0.3 is 10.4 Å². The lowest BCUT2D eigenvalue weighted by molar-refractivity contribution is 0.0696. The highest BCUT2D eigenvalue weighted by Gasteiger charge is 2.09. The second-order valence-electron chi connectivity index (χ2n) is 3.79. The molecule has 0 aliphatic carbocycles. The second kappa shape index (κ2) is 5.14. The lowest BCUT2D eigenvalue weighted by Gasteiger charge is -2.06. The van der Waals surface area contributed by atoms with E-state index < -0.39 is 5.97 Å². The fourth-order valence-corrected chi connectivity index (χ4v) is 2.09. The van der Waals surface area contributed by atoms with E-state index in [4.69, 9.17) is 5.11 Å². The smallest absolute Gasteiger partial charge is 0.365 e. The molecule has 0 saturated heterocycles. The number of aryl methyl sites for hydroxylation is 1. The van der Waals surface area contributed by atoms with Crippen LogP contribution in [0.3, 0.4) is 0 Å². The Kier molecular flexibility index (Phi) is 3.57. The van der Waals surface area contributed by atoms with E-state index >= 15 is 0 Å².